The Morgan fingerprint density at radius 3 is 2.79 bits per heavy atom. The van der Waals surface area contributed by atoms with E-state index in [-0.39, 0.29) is 6.04 Å². The maximum absolute atomic E-state index is 12.3. The number of likely N-dealkylation sites (tertiary alicyclic amines) is 1. The predicted octanol–water partition coefficient (Wildman–Crippen LogP) is -0.0809. The summed E-state index contributed by atoms with van der Waals surface area (Å²) >= 11 is 0. The fourth-order valence-electron chi connectivity index (χ4n) is 3.45. The fraction of sp³-hybridized carbons (Fsp3) is 0.929. The Bertz CT molecular complexity index is 312. The molecule has 3 saturated heterocycles. The molecule has 0 radical (unpaired) electrons. The van der Waals surface area contributed by atoms with Crippen LogP contribution in [0.15, 0.2) is 0 Å². The van der Waals surface area contributed by atoms with E-state index < -0.39 is 0 Å². The standard InChI is InChI=1S/C14H25N3O2/c18-14(13-2-1-4-15-13)17-5-3-12(11-17)10-16-6-8-19-9-7-16/h12-13,15H,1-11H2. The van der Waals surface area contributed by atoms with E-state index in [1.165, 1.54) is 0 Å². The highest BCUT2D eigenvalue weighted by Crippen LogP contribution is 2.20. The molecule has 2 atom stereocenters. The molecule has 3 heterocycles. The van der Waals surface area contributed by atoms with E-state index in [0.29, 0.717) is 11.8 Å². The van der Waals surface area contributed by atoms with Gasteiger partial charge in [0.05, 0.1) is 19.3 Å². The third-order valence-corrected chi connectivity index (χ3v) is 4.58. The van der Waals surface area contributed by atoms with Crippen molar-refractivity contribution in [3.63, 3.8) is 0 Å². The van der Waals surface area contributed by atoms with E-state index in [9.17, 15) is 4.79 Å². The van der Waals surface area contributed by atoms with Gasteiger partial charge in [-0.05, 0) is 31.7 Å². The summed E-state index contributed by atoms with van der Waals surface area (Å²) in [5, 5.41) is 3.31. The van der Waals surface area contributed by atoms with Gasteiger partial charge in [-0.3, -0.25) is 9.69 Å². The van der Waals surface area contributed by atoms with E-state index in [0.717, 1.165) is 71.7 Å². The average Bonchev–Trinajstić information content (AvgIpc) is 3.10. The maximum atomic E-state index is 12.3. The molecule has 5 nitrogen and oxygen atoms in total. The second-order valence-electron chi connectivity index (χ2n) is 6.00. The molecular formula is C14H25N3O2. The maximum Gasteiger partial charge on any atom is 0.239 e. The van der Waals surface area contributed by atoms with Gasteiger partial charge in [-0.2, -0.15) is 0 Å². The molecule has 3 aliphatic rings. The highest BCUT2D eigenvalue weighted by molar-refractivity contribution is 5.82. The number of hydrogen-bond donors (Lipinski definition) is 1. The Kier molecular flexibility index (Phi) is 4.35. The van der Waals surface area contributed by atoms with Crippen LogP contribution in [0.5, 0.6) is 0 Å². The van der Waals surface area contributed by atoms with Crippen LogP contribution in [0.3, 0.4) is 0 Å². The van der Waals surface area contributed by atoms with Gasteiger partial charge < -0.3 is 15.0 Å². The van der Waals surface area contributed by atoms with Crippen LogP contribution in [0, 0.1) is 5.92 Å². The fourth-order valence-corrected chi connectivity index (χ4v) is 3.45. The first-order valence-electron chi connectivity index (χ1n) is 7.65. The Morgan fingerprint density at radius 2 is 2.05 bits per heavy atom. The number of nitrogens with zero attached hydrogens (tertiary/aromatic N) is 2. The number of ether oxygens (including phenoxy) is 1. The summed E-state index contributed by atoms with van der Waals surface area (Å²) in [6.07, 6.45) is 3.32. The molecule has 1 N–H and O–H groups in total. The van der Waals surface area contributed by atoms with Gasteiger partial charge in [0.1, 0.15) is 0 Å². The second-order valence-corrected chi connectivity index (χ2v) is 6.00. The Morgan fingerprint density at radius 1 is 1.21 bits per heavy atom. The highest BCUT2D eigenvalue weighted by atomic mass is 16.5. The van der Waals surface area contributed by atoms with Crippen molar-refractivity contribution in [2.45, 2.75) is 25.3 Å². The van der Waals surface area contributed by atoms with Crippen LogP contribution in [0.2, 0.25) is 0 Å². The van der Waals surface area contributed by atoms with Crippen LogP contribution in [-0.2, 0) is 9.53 Å². The lowest BCUT2D eigenvalue weighted by molar-refractivity contribution is -0.132. The molecule has 2 unspecified atom stereocenters. The lowest BCUT2D eigenvalue weighted by Gasteiger charge is -2.29. The molecule has 0 bridgehead atoms. The third kappa shape index (κ3) is 3.27. The summed E-state index contributed by atoms with van der Waals surface area (Å²) in [4.78, 5) is 16.9. The van der Waals surface area contributed by atoms with Gasteiger partial charge in [0.25, 0.3) is 0 Å². The number of carbonyl (C=O) groups is 1. The monoisotopic (exact) mass is 267 g/mol. The predicted molar refractivity (Wildman–Crippen MR) is 73.0 cm³/mol. The van der Waals surface area contributed by atoms with Crippen LogP contribution in [0.25, 0.3) is 0 Å². The molecule has 3 aliphatic heterocycles. The van der Waals surface area contributed by atoms with E-state index >= 15 is 0 Å². The zero-order valence-corrected chi connectivity index (χ0v) is 11.6. The van der Waals surface area contributed by atoms with Gasteiger partial charge >= 0.3 is 0 Å². The lowest BCUT2D eigenvalue weighted by atomic mass is 10.1. The SMILES string of the molecule is O=C(C1CCCN1)N1CCC(CN2CCOCC2)C1. The van der Waals surface area contributed by atoms with Crippen LogP contribution in [0.4, 0.5) is 0 Å². The van der Waals surface area contributed by atoms with Gasteiger partial charge in [0.15, 0.2) is 0 Å². The normalized spacial score (nSPS) is 32.9. The summed E-state index contributed by atoms with van der Waals surface area (Å²) < 4.78 is 5.38. The van der Waals surface area contributed by atoms with E-state index in [1.807, 2.05) is 0 Å². The van der Waals surface area contributed by atoms with Gasteiger partial charge in [0.2, 0.25) is 5.91 Å². The molecule has 0 aliphatic carbocycles. The van der Waals surface area contributed by atoms with Crippen molar-refractivity contribution < 1.29 is 9.53 Å². The topological polar surface area (TPSA) is 44.8 Å². The quantitative estimate of drug-likeness (QED) is 0.777. The number of hydrogen-bond acceptors (Lipinski definition) is 4. The Labute approximate surface area is 115 Å². The molecule has 3 rings (SSSR count). The summed E-state index contributed by atoms with van der Waals surface area (Å²) in [5.41, 5.74) is 0. The van der Waals surface area contributed by atoms with Gasteiger partial charge in [0, 0.05) is 32.7 Å². The van der Waals surface area contributed by atoms with Crippen LogP contribution in [-0.4, -0.2) is 74.2 Å². The summed E-state index contributed by atoms with van der Waals surface area (Å²) in [6, 6.07) is 0.0992. The van der Waals surface area contributed by atoms with Crippen molar-refractivity contribution in [1.82, 2.24) is 15.1 Å². The van der Waals surface area contributed by atoms with Crippen molar-refractivity contribution in [3.05, 3.63) is 0 Å². The summed E-state index contributed by atoms with van der Waals surface area (Å²) in [5.74, 6) is 0.991. The van der Waals surface area contributed by atoms with E-state index in [1.54, 1.807) is 0 Å². The molecule has 0 aromatic heterocycles. The average molecular weight is 267 g/mol. The van der Waals surface area contributed by atoms with Gasteiger partial charge in [-0.1, -0.05) is 0 Å². The second kappa shape index (κ2) is 6.20. The lowest BCUT2D eigenvalue weighted by Crippen LogP contribution is -2.43. The van der Waals surface area contributed by atoms with Crippen molar-refractivity contribution in [2.75, 3.05) is 52.5 Å². The molecule has 5 heteroatoms. The highest BCUT2D eigenvalue weighted by Gasteiger charge is 2.32. The summed E-state index contributed by atoms with van der Waals surface area (Å²) in [6.45, 7) is 7.86. The minimum absolute atomic E-state index is 0.0992. The Balaban J connectivity index is 1.45. The molecule has 1 amide bonds. The van der Waals surface area contributed by atoms with Crippen molar-refractivity contribution in [3.8, 4) is 0 Å². The minimum Gasteiger partial charge on any atom is -0.379 e. The molecule has 3 fully saturated rings. The summed E-state index contributed by atoms with van der Waals surface area (Å²) in [7, 11) is 0. The first-order valence-corrected chi connectivity index (χ1v) is 7.65. The Hall–Kier alpha value is -0.650. The zero-order chi connectivity index (χ0) is 13.1. The number of morpholine rings is 1. The number of amides is 1. The molecule has 0 aromatic carbocycles. The molecule has 0 spiro atoms. The van der Waals surface area contributed by atoms with Crippen LogP contribution >= 0.6 is 0 Å². The van der Waals surface area contributed by atoms with Crippen LogP contribution in [0.1, 0.15) is 19.3 Å². The van der Waals surface area contributed by atoms with E-state index in [4.69, 9.17) is 4.74 Å². The largest absolute Gasteiger partial charge is 0.379 e. The van der Waals surface area contributed by atoms with Crippen molar-refractivity contribution >= 4 is 5.91 Å². The first-order chi connectivity index (χ1) is 9.33. The number of rotatable bonds is 3. The van der Waals surface area contributed by atoms with Crippen molar-refractivity contribution in [1.29, 1.82) is 0 Å². The molecule has 0 aromatic rings. The van der Waals surface area contributed by atoms with Gasteiger partial charge in [-0.15, -0.1) is 0 Å². The van der Waals surface area contributed by atoms with E-state index in [2.05, 4.69) is 15.1 Å². The first kappa shape index (κ1) is 13.3. The smallest absolute Gasteiger partial charge is 0.239 e. The number of nitrogens with one attached hydrogen (secondary N) is 1. The molecule has 0 saturated carbocycles. The molecule has 19 heavy (non-hydrogen) atoms. The van der Waals surface area contributed by atoms with Crippen LogP contribution < -0.4 is 5.32 Å². The zero-order valence-electron chi connectivity index (χ0n) is 11.6. The molecule has 108 valence electrons. The van der Waals surface area contributed by atoms with Crippen molar-refractivity contribution in [2.24, 2.45) is 5.92 Å². The number of carbonyl (C=O) groups excluding carboxylic acids is 1. The minimum atomic E-state index is 0.0992. The third-order valence-electron chi connectivity index (χ3n) is 4.58. The molecular weight excluding hydrogens is 242 g/mol. The van der Waals surface area contributed by atoms with Gasteiger partial charge in [-0.25, -0.2) is 0 Å².